The highest BCUT2D eigenvalue weighted by molar-refractivity contribution is 7.90. The maximum Gasteiger partial charge on any atom is 0.433 e. The molecule has 0 aliphatic carbocycles. The van der Waals surface area contributed by atoms with Crippen molar-refractivity contribution in [2.75, 3.05) is 16.9 Å². The average molecular weight is 470 g/mol. The second kappa shape index (κ2) is 8.65. The smallest absolute Gasteiger partial charge is 0.352 e. The van der Waals surface area contributed by atoms with E-state index < -0.39 is 39.0 Å². The summed E-state index contributed by atoms with van der Waals surface area (Å²) in [5.74, 6) is -1.67. The van der Waals surface area contributed by atoms with Crippen LogP contribution >= 0.6 is 0 Å². The monoisotopic (exact) mass is 470 g/mol. The fraction of sp³-hybridized carbons (Fsp3) is 0.263. The van der Waals surface area contributed by atoms with E-state index in [2.05, 4.69) is 30.6 Å². The molecule has 2 N–H and O–H groups in total. The zero-order valence-electron chi connectivity index (χ0n) is 17.1. The van der Waals surface area contributed by atoms with Crippen molar-refractivity contribution >= 4 is 27.4 Å². The summed E-state index contributed by atoms with van der Waals surface area (Å²) in [4.78, 5) is 15.5. The van der Waals surface area contributed by atoms with E-state index in [-0.39, 0.29) is 28.5 Å². The van der Waals surface area contributed by atoms with Gasteiger partial charge in [-0.05, 0) is 44.2 Å². The first kappa shape index (κ1) is 23.3. The van der Waals surface area contributed by atoms with Crippen molar-refractivity contribution in [2.45, 2.75) is 31.0 Å². The molecule has 3 aromatic rings. The molecule has 8 nitrogen and oxygen atoms in total. The van der Waals surface area contributed by atoms with E-state index in [1.165, 1.54) is 24.3 Å². The summed E-state index contributed by atoms with van der Waals surface area (Å²) < 4.78 is 77.1. The number of hydrogen-bond acceptors (Lipinski definition) is 8. The number of sulfone groups is 1. The lowest BCUT2D eigenvalue weighted by atomic mass is 10.2. The van der Waals surface area contributed by atoms with E-state index >= 15 is 0 Å². The largest absolute Gasteiger partial charge is 0.433 e. The maximum atomic E-state index is 14.3. The van der Waals surface area contributed by atoms with Gasteiger partial charge in [0.2, 0.25) is 11.9 Å². The van der Waals surface area contributed by atoms with Crippen molar-refractivity contribution in [3.05, 3.63) is 47.9 Å². The molecule has 0 radical (unpaired) electrons. The van der Waals surface area contributed by atoms with Crippen LogP contribution in [0.1, 0.15) is 19.5 Å². The van der Waals surface area contributed by atoms with Crippen LogP contribution in [-0.4, -0.2) is 40.7 Å². The molecule has 0 amide bonds. The molecule has 0 fully saturated rings. The van der Waals surface area contributed by atoms with Crippen LogP contribution in [0.5, 0.6) is 0 Å². The highest BCUT2D eigenvalue weighted by Crippen LogP contribution is 2.30. The number of anilines is 3. The van der Waals surface area contributed by atoms with E-state index in [1.54, 1.807) is 13.8 Å². The van der Waals surface area contributed by atoms with Gasteiger partial charge in [0.1, 0.15) is 11.4 Å². The maximum absolute atomic E-state index is 14.3. The molecule has 32 heavy (non-hydrogen) atoms. The average Bonchev–Trinajstić information content (AvgIpc) is 2.66. The van der Waals surface area contributed by atoms with Gasteiger partial charge in [0.15, 0.2) is 21.5 Å². The molecule has 0 saturated heterocycles. The molecule has 0 spiro atoms. The van der Waals surface area contributed by atoms with Crippen molar-refractivity contribution in [1.29, 1.82) is 0 Å². The Morgan fingerprint density at radius 1 is 0.969 bits per heavy atom. The summed E-state index contributed by atoms with van der Waals surface area (Å²) in [6.45, 7) is 3.55. The second-order valence-corrected chi connectivity index (χ2v) is 9.07. The number of hydrogen-bond donors (Lipinski definition) is 2. The first-order valence-corrected chi connectivity index (χ1v) is 11.1. The Kier molecular flexibility index (Phi) is 6.30. The van der Waals surface area contributed by atoms with Gasteiger partial charge in [0, 0.05) is 18.0 Å². The van der Waals surface area contributed by atoms with E-state index in [0.29, 0.717) is 12.1 Å². The molecule has 0 saturated carbocycles. The lowest BCUT2D eigenvalue weighted by Gasteiger charge is -2.13. The molecule has 0 aliphatic rings. The molecule has 2 aromatic heterocycles. The predicted molar refractivity (Wildman–Crippen MR) is 110 cm³/mol. The summed E-state index contributed by atoms with van der Waals surface area (Å²) in [7, 11) is -3.49. The first-order valence-electron chi connectivity index (χ1n) is 9.17. The minimum atomic E-state index is -4.79. The molecule has 0 aliphatic heterocycles. The summed E-state index contributed by atoms with van der Waals surface area (Å²) in [5.41, 5.74) is -1.72. The van der Waals surface area contributed by atoms with E-state index in [4.69, 9.17) is 0 Å². The van der Waals surface area contributed by atoms with Crippen LogP contribution in [0.25, 0.3) is 11.5 Å². The number of nitrogens with zero attached hydrogens (tertiary/aromatic N) is 4. The topological polar surface area (TPSA) is 110 Å². The van der Waals surface area contributed by atoms with E-state index in [0.717, 1.165) is 6.26 Å². The van der Waals surface area contributed by atoms with Crippen LogP contribution in [-0.2, 0) is 16.0 Å². The number of aromatic nitrogens is 4. The van der Waals surface area contributed by atoms with Gasteiger partial charge in [-0.2, -0.15) is 28.1 Å². The molecular weight excluding hydrogens is 452 g/mol. The Morgan fingerprint density at radius 3 is 2.28 bits per heavy atom. The standard InChI is InChI=1S/C19H18F4N6O2S/c1-10(2)24-17-27-16(15-13(20)7-8-14(26-15)19(21,22)23)28-18(29-17)25-11-5-4-6-12(9-11)32(3,30)31/h4-10H,1-3H3,(H2,24,25,27,28,29). The third kappa shape index (κ3) is 5.66. The lowest BCUT2D eigenvalue weighted by Crippen LogP contribution is -2.15. The van der Waals surface area contributed by atoms with Gasteiger partial charge in [-0.3, -0.25) is 0 Å². The summed E-state index contributed by atoms with van der Waals surface area (Å²) >= 11 is 0. The minimum absolute atomic E-state index is 0.0305. The van der Waals surface area contributed by atoms with Crippen molar-refractivity contribution in [3.8, 4) is 11.5 Å². The molecule has 0 atom stereocenters. The Morgan fingerprint density at radius 2 is 1.66 bits per heavy atom. The van der Waals surface area contributed by atoms with Crippen molar-refractivity contribution in [2.24, 2.45) is 0 Å². The highest BCUT2D eigenvalue weighted by atomic mass is 32.2. The molecule has 13 heteroatoms. The number of rotatable bonds is 6. The summed E-state index contributed by atoms with van der Waals surface area (Å²) in [6.07, 6.45) is -3.75. The Labute approximate surface area is 181 Å². The molecule has 1 aromatic carbocycles. The van der Waals surface area contributed by atoms with E-state index in [1.807, 2.05) is 0 Å². The summed E-state index contributed by atoms with van der Waals surface area (Å²) in [6, 6.07) is 6.74. The molecule has 3 rings (SSSR count). The normalized spacial score (nSPS) is 12.1. The Balaban J connectivity index is 2.09. The van der Waals surface area contributed by atoms with Crippen LogP contribution < -0.4 is 10.6 Å². The van der Waals surface area contributed by atoms with Gasteiger partial charge < -0.3 is 10.6 Å². The van der Waals surface area contributed by atoms with Gasteiger partial charge in [-0.15, -0.1) is 0 Å². The third-order valence-corrected chi connectivity index (χ3v) is 5.03. The lowest BCUT2D eigenvalue weighted by molar-refractivity contribution is -0.141. The van der Waals surface area contributed by atoms with Crippen LogP contribution in [0, 0.1) is 5.82 Å². The first-order chi connectivity index (χ1) is 14.8. The fourth-order valence-corrected chi connectivity index (χ4v) is 3.22. The Bertz CT molecular complexity index is 1250. The van der Waals surface area contributed by atoms with Gasteiger partial charge >= 0.3 is 6.18 Å². The predicted octanol–water partition coefficient (Wildman–Crippen LogP) is 4.06. The number of benzene rings is 1. The minimum Gasteiger partial charge on any atom is -0.352 e. The third-order valence-electron chi connectivity index (χ3n) is 3.92. The van der Waals surface area contributed by atoms with Crippen LogP contribution in [0.15, 0.2) is 41.3 Å². The molecule has 0 unspecified atom stereocenters. The molecule has 2 heterocycles. The van der Waals surface area contributed by atoms with Gasteiger partial charge in [0.05, 0.1) is 4.90 Å². The molecular formula is C19H18F4N6O2S. The number of pyridine rings is 1. The molecule has 0 bridgehead atoms. The SMILES string of the molecule is CC(C)Nc1nc(Nc2cccc(S(C)(=O)=O)c2)nc(-c2nc(C(F)(F)F)ccc2F)n1. The van der Waals surface area contributed by atoms with Gasteiger partial charge in [-0.25, -0.2) is 17.8 Å². The van der Waals surface area contributed by atoms with Crippen LogP contribution in [0.2, 0.25) is 0 Å². The zero-order valence-corrected chi connectivity index (χ0v) is 17.9. The number of halogens is 4. The molecule has 170 valence electrons. The second-order valence-electron chi connectivity index (χ2n) is 7.05. The Hall–Kier alpha value is -3.35. The van der Waals surface area contributed by atoms with E-state index in [9.17, 15) is 26.0 Å². The zero-order chi connectivity index (χ0) is 23.7. The number of alkyl halides is 3. The van der Waals surface area contributed by atoms with Crippen LogP contribution in [0.4, 0.5) is 35.1 Å². The summed E-state index contributed by atoms with van der Waals surface area (Å²) in [5, 5.41) is 5.64. The highest BCUT2D eigenvalue weighted by Gasteiger charge is 2.33. The van der Waals surface area contributed by atoms with Crippen molar-refractivity contribution in [1.82, 2.24) is 19.9 Å². The van der Waals surface area contributed by atoms with Gasteiger partial charge in [0.25, 0.3) is 0 Å². The van der Waals surface area contributed by atoms with Crippen molar-refractivity contribution < 1.29 is 26.0 Å². The fourth-order valence-electron chi connectivity index (χ4n) is 2.55. The van der Waals surface area contributed by atoms with Crippen molar-refractivity contribution in [3.63, 3.8) is 0 Å². The van der Waals surface area contributed by atoms with Crippen LogP contribution in [0.3, 0.4) is 0 Å². The van der Waals surface area contributed by atoms with Gasteiger partial charge in [-0.1, -0.05) is 6.07 Å². The number of nitrogens with one attached hydrogen (secondary N) is 2. The quantitative estimate of drug-likeness (QED) is 0.519.